The van der Waals surface area contributed by atoms with Crippen molar-refractivity contribution >= 4 is 11.6 Å². The first kappa shape index (κ1) is 9.36. The van der Waals surface area contributed by atoms with Gasteiger partial charge in [0.1, 0.15) is 12.4 Å². The van der Waals surface area contributed by atoms with Gasteiger partial charge < -0.3 is 10.5 Å². The molecule has 1 rings (SSSR count). The van der Waals surface area contributed by atoms with Crippen molar-refractivity contribution in [2.45, 2.75) is 6.92 Å². The Morgan fingerprint density at radius 3 is 2.92 bits per heavy atom. The van der Waals surface area contributed by atoms with E-state index in [1.54, 1.807) is 0 Å². The van der Waals surface area contributed by atoms with Gasteiger partial charge in [0.05, 0.1) is 0 Å². The number of rotatable bonds is 3. The Bertz CT molecular complexity index is 263. The number of hydrogen-bond acceptors (Lipinski definition) is 2. The highest BCUT2D eigenvalue weighted by Gasteiger charge is 2.01. The lowest BCUT2D eigenvalue weighted by molar-refractivity contribution is 0.326. The minimum absolute atomic E-state index is 0.520. The highest BCUT2D eigenvalue weighted by Crippen LogP contribution is 2.24. The highest BCUT2D eigenvalue weighted by molar-refractivity contribution is 6.31. The van der Waals surface area contributed by atoms with Crippen LogP contribution >= 0.6 is 11.6 Å². The molecule has 3 heteroatoms. The monoisotopic (exact) mass is 185 g/mol. The average molecular weight is 186 g/mol. The molecule has 0 unspecified atom stereocenters. The summed E-state index contributed by atoms with van der Waals surface area (Å²) in [7, 11) is 0. The van der Waals surface area contributed by atoms with Gasteiger partial charge in [-0.05, 0) is 19.1 Å². The van der Waals surface area contributed by atoms with Crippen LogP contribution in [-0.2, 0) is 0 Å². The molecule has 0 fully saturated rings. The average Bonchev–Trinajstić information content (AvgIpc) is 2.08. The summed E-state index contributed by atoms with van der Waals surface area (Å²) in [6, 6.07) is 5.59. The molecular weight excluding hydrogens is 174 g/mol. The third-order valence-corrected chi connectivity index (χ3v) is 2.00. The maximum Gasteiger partial charge on any atom is 0.123 e. The predicted octanol–water partition coefficient (Wildman–Crippen LogP) is 1.99. The second-order valence-electron chi connectivity index (χ2n) is 2.50. The molecule has 1 aromatic rings. The predicted molar refractivity (Wildman–Crippen MR) is 50.7 cm³/mol. The standard InChI is InChI=1S/C9H12ClNO/c1-7-8(10)3-2-4-9(7)12-6-5-11/h2-4H,5-6,11H2,1H3. The molecular formula is C9H12ClNO. The maximum absolute atomic E-state index is 5.88. The van der Waals surface area contributed by atoms with Gasteiger partial charge >= 0.3 is 0 Å². The first-order chi connectivity index (χ1) is 5.75. The number of benzene rings is 1. The quantitative estimate of drug-likeness (QED) is 0.782. The fraction of sp³-hybridized carbons (Fsp3) is 0.333. The van der Waals surface area contributed by atoms with Gasteiger partial charge in [-0.2, -0.15) is 0 Å². The van der Waals surface area contributed by atoms with Gasteiger partial charge in [0.15, 0.2) is 0 Å². The Hall–Kier alpha value is -0.730. The van der Waals surface area contributed by atoms with Crippen molar-refractivity contribution in [2.75, 3.05) is 13.2 Å². The Labute approximate surface area is 77.3 Å². The first-order valence-corrected chi connectivity index (χ1v) is 4.21. The van der Waals surface area contributed by atoms with Gasteiger partial charge in [-0.25, -0.2) is 0 Å². The van der Waals surface area contributed by atoms with E-state index in [1.807, 2.05) is 25.1 Å². The first-order valence-electron chi connectivity index (χ1n) is 3.83. The van der Waals surface area contributed by atoms with Crippen LogP contribution in [0.2, 0.25) is 5.02 Å². The Kier molecular flexibility index (Phi) is 3.38. The molecule has 2 nitrogen and oxygen atoms in total. The van der Waals surface area contributed by atoms with E-state index in [4.69, 9.17) is 22.1 Å². The smallest absolute Gasteiger partial charge is 0.123 e. The molecule has 0 atom stereocenters. The van der Waals surface area contributed by atoms with E-state index >= 15 is 0 Å². The summed E-state index contributed by atoms with van der Waals surface area (Å²) in [4.78, 5) is 0. The molecule has 66 valence electrons. The zero-order valence-corrected chi connectivity index (χ0v) is 7.77. The summed E-state index contributed by atoms with van der Waals surface area (Å²) < 4.78 is 5.36. The lowest BCUT2D eigenvalue weighted by Crippen LogP contribution is -2.11. The van der Waals surface area contributed by atoms with Crippen molar-refractivity contribution in [2.24, 2.45) is 5.73 Å². The molecule has 0 heterocycles. The number of hydrogen-bond donors (Lipinski definition) is 1. The molecule has 0 spiro atoms. The van der Waals surface area contributed by atoms with Crippen molar-refractivity contribution in [3.05, 3.63) is 28.8 Å². The number of nitrogens with two attached hydrogens (primary N) is 1. The topological polar surface area (TPSA) is 35.2 Å². The normalized spacial score (nSPS) is 9.92. The van der Waals surface area contributed by atoms with E-state index in [1.165, 1.54) is 0 Å². The second kappa shape index (κ2) is 4.33. The van der Waals surface area contributed by atoms with Crippen LogP contribution in [0.5, 0.6) is 5.75 Å². The molecule has 0 aliphatic heterocycles. The molecule has 0 radical (unpaired) electrons. The summed E-state index contributed by atoms with van der Waals surface area (Å²) in [5.74, 6) is 0.813. The van der Waals surface area contributed by atoms with Crippen LogP contribution < -0.4 is 10.5 Å². The molecule has 0 amide bonds. The molecule has 0 saturated heterocycles. The Morgan fingerprint density at radius 2 is 2.25 bits per heavy atom. The fourth-order valence-electron chi connectivity index (χ4n) is 0.913. The van der Waals surface area contributed by atoms with Crippen molar-refractivity contribution in [1.82, 2.24) is 0 Å². The van der Waals surface area contributed by atoms with Crippen molar-refractivity contribution in [1.29, 1.82) is 0 Å². The largest absolute Gasteiger partial charge is 0.492 e. The minimum Gasteiger partial charge on any atom is -0.492 e. The molecule has 0 aliphatic rings. The van der Waals surface area contributed by atoms with Gasteiger partial charge in [0.2, 0.25) is 0 Å². The second-order valence-corrected chi connectivity index (χ2v) is 2.91. The molecule has 0 saturated carbocycles. The molecule has 0 bridgehead atoms. The molecule has 1 aromatic carbocycles. The Balaban J connectivity index is 2.78. The third kappa shape index (κ3) is 2.13. The summed E-state index contributed by atoms with van der Waals surface area (Å²) in [5, 5.41) is 0.726. The van der Waals surface area contributed by atoms with E-state index in [-0.39, 0.29) is 0 Å². The lowest BCUT2D eigenvalue weighted by atomic mass is 10.2. The van der Waals surface area contributed by atoms with Crippen molar-refractivity contribution in [3.63, 3.8) is 0 Å². The lowest BCUT2D eigenvalue weighted by Gasteiger charge is -2.08. The van der Waals surface area contributed by atoms with E-state index in [9.17, 15) is 0 Å². The van der Waals surface area contributed by atoms with Crippen LogP contribution in [0.1, 0.15) is 5.56 Å². The van der Waals surface area contributed by atoms with E-state index in [2.05, 4.69) is 0 Å². The summed E-state index contributed by atoms with van der Waals surface area (Å²) >= 11 is 5.88. The van der Waals surface area contributed by atoms with Crippen molar-refractivity contribution in [3.8, 4) is 5.75 Å². The van der Waals surface area contributed by atoms with Crippen molar-refractivity contribution < 1.29 is 4.74 Å². The molecule has 0 aliphatic carbocycles. The van der Waals surface area contributed by atoms with Crippen LogP contribution in [0, 0.1) is 6.92 Å². The molecule has 0 aromatic heterocycles. The number of ether oxygens (including phenoxy) is 1. The van der Waals surface area contributed by atoms with Gasteiger partial charge in [-0.3, -0.25) is 0 Å². The zero-order chi connectivity index (χ0) is 8.97. The van der Waals surface area contributed by atoms with Gasteiger partial charge in [0, 0.05) is 17.1 Å². The SMILES string of the molecule is Cc1c(Cl)cccc1OCCN. The van der Waals surface area contributed by atoms with Gasteiger partial charge in [-0.1, -0.05) is 17.7 Å². The van der Waals surface area contributed by atoms with Gasteiger partial charge in [-0.15, -0.1) is 0 Å². The maximum atomic E-state index is 5.88. The van der Waals surface area contributed by atoms with Crippen LogP contribution in [0.15, 0.2) is 18.2 Å². The Morgan fingerprint density at radius 1 is 1.50 bits per heavy atom. The number of halogens is 1. The van der Waals surface area contributed by atoms with Crippen LogP contribution in [0.3, 0.4) is 0 Å². The van der Waals surface area contributed by atoms with E-state index in [0.717, 1.165) is 16.3 Å². The van der Waals surface area contributed by atoms with Crippen LogP contribution in [0.4, 0.5) is 0 Å². The van der Waals surface area contributed by atoms with Crippen LogP contribution in [0.25, 0.3) is 0 Å². The molecule has 2 N–H and O–H groups in total. The van der Waals surface area contributed by atoms with E-state index < -0.39 is 0 Å². The summed E-state index contributed by atoms with van der Waals surface area (Å²) in [6.45, 7) is 2.97. The third-order valence-electron chi connectivity index (χ3n) is 1.59. The fourth-order valence-corrected chi connectivity index (χ4v) is 1.08. The highest BCUT2D eigenvalue weighted by atomic mass is 35.5. The van der Waals surface area contributed by atoms with Gasteiger partial charge in [0.25, 0.3) is 0 Å². The molecule has 12 heavy (non-hydrogen) atoms. The summed E-state index contributed by atoms with van der Waals surface area (Å²) in [5.41, 5.74) is 6.27. The minimum atomic E-state index is 0.520. The van der Waals surface area contributed by atoms with E-state index in [0.29, 0.717) is 13.2 Å². The van der Waals surface area contributed by atoms with Crippen LogP contribution in [-0.4, -0.2) is 13.2 Å². The zero-order valence-electron chi connectivity index (χ0n) is 7.01. The summed E-state index contributed by atoms with van der Waals surface area (Å²) in [6.07, 6.45) is 0.